The van der Waals surface area contributed by atoms with Crippen LogP contribution in [0.3, 0.4) is 0 Å². The molecular formula is C31H40BrN5O3S. The summed E-state index contributed by atoms with van der Waals surface area (Å²) in [4.78, 5) is 18.7. The Morgan fingerprint density at radius 3 is 2.71 bits per heavy atom. The molecule has 1 amide bonds. The third-order valence-corrected chi connectivity index (χ3v) is 8.18. The van der Waals surface area contributed by atoms with E-state index in [4.69, 9.17) is 19.6 Å². The molecule has 0 aliphatic carbocycles. The second kappa shape index (κ2) is 14.3. The fraction of sp³-hybridized carbons (Fsp3) is 0.452. The molecule has 0 saturated heterocycles. The molecule has 1 atom stereocenters. The van der Waals surface area contributed by atoms with Gasteiger partial charge < -0.3 is 20.1 Å². The van der Waals surface area contributed by atoms with Crippen LogP contribution in [0.5, 0.6) is 11.5 Å². The summed E-state index contributed by atoms with van der Waals surface area (Å²) in [5.41, 5.74) is 3.91. The smallest absolute Gasteiger partial charge is 0.255 e. The number of carbonyl (C=O) groups excluding carboxylic acids is 1. The third kappa shape index (κ3) is 7.65. The van der Waals surface area contributed by atoms with Gasteiger partial charge in [-0.25, -0.2) is 4.68 Å². The number of allylic oxidation sites excluding steroid dienone is 1. The highest BCUT2D eigenvalue weighted by Gasteiger charge is 2.35. The number of nitrogens with one attached hydrogen (secondary N) is 2. The molecule has 1 unspecified atom stereocenters. The van der Waals surface area contributed by atoms with Gasteiger partial charge in [-0.2, -0.15) is 4.98 Å². The molecule has 1 aromatic heterocycles. The zero-order valence-electron chi connectivity index (χ0n) is 24.7. The first-order valence-corrected chi connectivity index (χ1v) is 16.0. The highest BCUT2D eigenvalue weighted by molar-refractivity contribution is 9.10. The maximum Gasteiger partial charge on any atom is 0.255 e. The number of hydrogen-bond donors (Lipinski definition) is 2. The lowest BCUT2D eigenvalue weighted by atomic mass is 9.94. The van der Waals surface area contributed by atoms with Gasteiger partial charge in [0.15, 0.2) is 11.5 Å². The first-order valence-electron chi connectivity index (χ1n) is 14.3. The Labute approximate surface area is 255 Å². The van der Waals surface area contributed by atoms with Crippen LogP contribution < -0.4 is 20.1 Å². The quantitative estimate of drug-likeness (QED) is 0.144. The van der Waals surface area contributed by atoms with Crippen LogP contribution in [0.1, 0.15) is 71.0 Å². The Morgan fingerprint density at radius 2 is 2.00 bits per heavy atom. The summed E-state index contributed by atoms with van der Waals surface area (Å²) in [6, 6.07) is 11.2. The Balaban J connectivity index is 1.78. The van der Waals surface area contributed by atoms with Crippen molar-refractivity contribution in [1.29, 1.82) is 0 Å². The summed E-state index contributed by atoms with van der Waals surface area (Å²) in [5.74, 6) is 3.13. The number of aryl methyl sites for hydroxylation is 1. The summed E-state index contributed by atoms with van der Waals surface area (Å²) in [7, 11) is 0. The maximum atomic E-state index is 13.9. The lowest BCUT2D eigenvalue weighted by Crippen LogP contribution is -2.31. The molecule has 0 saturated carbocycles. The number of fused-ring (bicyclic) bond motifs is 1. The normalized spacial score (nSPS) is 14.6. The first-order chi connectivity index (χ1) is 19.7. The van der Waals surface area contributed by atoms with Gasteiger partial charge in [-0.1, -0.05) is 51.1 Å². The number of unbranched alkanes of at least 4 members (excludes halogenated alkanes) is 1. The van der Waals surface area contributed by atoms with Crippen molar-refractivity contribution in [3.05, 3.63) is 63.3 Å². The van der Waals surface area contributed by atoms with Gasteiger partial charge in [0.25, 0.3) is 5.91 Å². The maximum absolute atomic E-state index is 13.9. The minimum atomic E-state index is -0.538. The van der Waals surface area contributed by atoms with Crippen molar-refractivity contribution in [2.24, 2.45) is 5.92 Å². The first kappa shape index (κ1) is 31.0. The van der Waals surface area contributed by atoms with Crippen LogP contribution in [0.2, 0.25) is 0 Å². The molecule has 1 aliphatic heterocycles. The minimum absolute atomic E-state index is 0.210. The Morgan fingerprint density at radius 1 is 1.20 bits per heavy atom. The summed E-state index contributed by atoms with van der Waals surface area (Å²) in [6.07, 6.45) is 3.11. The van der Waals surface area contributed by atoms with Crippen molar-refractivity contribution < 1.29 is 14.3 Å². The SMILES string of the molecule is CCCCSc1nc2n(n1)C(c1cc(Br)c(OCCC(C)C)c(OCC)c1)C(C(=O)Nc1cccc(C)c1)=C(C)N2. The Hall–Kier alpha value is -2.98. The average molecular weight is 643 g/mol. The van der Waals surface area contributed by atoms with Gasteiger partial charge in [0, 0.05) is 17.1 Å². The molecule has 0 spiro atoms. The zero-order chi connectivity index (χ0) is 29.5. The molecule has 1 aliphatic rings. The molecule has 0 bridgehead atoms. The van der Waals surface area contributed by atoms with E-state index in [-0.39, 0.29) is 5.91 Å². The topological polar surface area (TPSA) is 90.3 Å². The van der Waals surface area contributed by atoms with Crippen LogP contribution in [0.25, 0.3) is 0 Å². The largest absolute Gasteiger partial charge is 0.490 e. The predicted octanol–water partition coefficient (Wildman–Crippen LogP) is 7.99. The number of carbonyl (C=O) groups is 1. The van der Waals surface area contributed by atoms with Crippen LogP contribution in [0, 0.1) is 12.8 Å². The third-order valence-electron chi connectivity index (χ3n) is 6.67. The van der Waals surface area contributed by atoms with Gasteiger partial charge >= 0.3 is 0 Å². The standard InChI is InChI=1S/C31H40BrN5O3S/c1-7-9-15-41-31-35-30-33-21(6)26(29(38)34-23-12-10-11-20(5)16-23)27(37(30)36-31)22-17-24(32)28(25(18-22)39-8-2)40-14-13-19(3)4/h10-12,16-19,27H,7-9,13-15H2,1-6H3,(H,34,38)(H,33,35,36). The lowest BCUT2D eigenvalue weighted by Gasteiger charge is -2.29. The Bertz CT molecular complexity index is 1400. The molecule has 10 heteroatoms. The van der Waals surface area contributed by atoms with Crippen LogP contribution in [-0.2, 0) is 4.79 Å². The van der Waals surface area contributed by atoms with Crippen molar-refractivity contribution in [3.63, 3.8) is 0 Å². The molecule has 0 radical (unpaired) electrons. The number of halogens is 1. The van der Waals surface area contributed by atoms with Gasteiger partial charge in [-0.05, 0) is 90.9 Å². The van der Waals surface area contributed by atoms with Crippen molar-refractivity contribution in [3.8, 4) is 11.5 Å². The van der Waals surface area contributed by atoms with E-state index in [1.807, 2.05) is 61.9 Å². The van der Waals surface area contributed by atoms with Crippen molar-refractivity contribution in [2.45, 2.75) is 72.0 Å². The molecule has 8 nitrogen and oxygen atoms in total. The number of nitrogens with zero attached hydrogens (tertiary/aromatic N) is 3. The summed E-state index contributed by atoms with van der Waals surface area (Å²) in [5, 5.41) is 12.0. The van der Waals surface area contributed by atoms with E-state index in [0.29, 0.717) is 47.3 Å². The van der Waals surface area contributed by atoms with Gasteiger partial charge in [0.1, 0.15) is 6.04 Å². The molecule has 4 rings (SSSR count). The number of thioether (sulfide) groups is 1. The van der Waals surface area contributed by atoms with E-state index < -0.39 is 6.04 Å². The van der Waals surface area contributed by atoms with E-state index in [9.17, 15) is 4.79 Å². The number of hydrogen-bond acceptors (Lipinski definition) is 7. The van der Waals surface area contributed by atoms with Crippen LogP contribution in [-0.4, -0.2) is 39.6 Å². The lowest BCUT2D eigenvalue weighted by molar-refractivity contribution is -0.113. The van der Waals surface area contributed by atoms with Crippen molar-refractivity contribution in [2.75, 3.05) is 29.6 Å². The summed E-state index contributed by atoms with van der Waals surface area (Å²) in [6.45, 7) is 13.4. The van der Waals surface area contributed by atoms with Crippen molar-refractivity contribution >= 4 is 45.2 Å². The number of amides is 1. The number of ether oxygens (including phenoxy) is 2. The summed E-state index contributed by atoms with van der Waals surface area (Å²) < 4.78 is 14.8. The van der Waals surface area contributed by atoms with E-state index >= 15 is 0 Å². The second-order valence-electron chi connectivity index (χ2n) is 10.5. The van der Waals surface area contributed by atoms with Crippen LogP contribution in [0.15, 0.2) is 57.3 Å². The van der Waals surface area contributed by atoms with Crippen LogP contribution >= 0.6 is 27.7 Å². The van der Waals surface area contributed by atoms with Gasteiger partial charge in [0.05, 0.1) is 23.3 Å². The molecular weight excluding hydrogens is 602 g/mol. The fourth-order valence-corrected chi connectivity index (χ4v) is 6.06. The summed E-state index contributed by atoms with van der Waals surface area (Å²) >= 11 is 5.36. The predicted molar refractivity (Wildman–Crippen MR) is 170 cm³/mol. The molecule has 0 fully saturated rings. The number of benzene rings is 2. The van der Waals surface area contributed by atoms with Gasteiger partial charge in [-0.3, -0.25) is 4.79 Å². The van der Waals surface area contributed by atoms with E-state index in [2.05, 4.69) is 47.3 Å². The number of anilines is 2. The highest BCUT2D eigenvalue weighted by atomic mass is 79.9. The van der Waals surface area contributed by atoms with E-state index in [1.54, 1.807) is 11.8 Å². The van der Waals surface area contributed by atoms with Crippen LogP contribution in [0.4, 0.5) is 11.6 Å². The van der Waals surface area contributed by atoms with E-state index in [0.717, 1.165) is 52.0 Å². The Kier molecular flexibility index (Phi) is 10.8. The molecule has 3 aromatic rings. The molecule has 2 aromatic carbocycles. The second-order valence-corrected chi connectivity index (χ2v) is 12.5. The number of aromatic nitrogens is 3. The molecule has 220 valence electrons. The van der Waals surface area contributed by atoms with E-state index in [1.165, 1.54) is 0 Å². The molecule has 2 N–H and O–H groups in total. The molecule has 41 heavy (non-hydrogen) atoms. The minimum Gasteiger partial charge on any atom is -0.490 e. The van der Waals surface area contributed by atoms with Gasteiger partial charge in [-0.15, -0.1) is 5.10 Å². The van der Waals surface area contributed by atoms with Gasteiger partial charge in [0.2, 0.25) is 11.1 Å². The highest BCUT2D eigenvalue weighted by Crippen LogP contribution is 2.43. The zero-order valence-corrected chi connectivity index (χ0v) is 27.1. The fourth-order valence-electron chi connectivity index (χ4n) is 4.57. The number of rotatable bonds is 13. The average Bonchev–Trinajstić information content (AvgIpc) is 3.31. The monoisotopic (exact) mass is 641 g/mol. The molecule has 2 heterocycles. The van der Waals surface area contributed by atoms with Crippen molar-refractivity contribution in [1.82, 2.24) is 14.8 Å².